The summed E-state index contributed by atoms with van der Waals surface area (Å²) in [7, 11) is 0. The van der Waals surface area contributed by atoms with E-state index in [4.69, 9.17) is 4.74 Å². The Kier molecular flexibility index (Phi) is 4.16. The van der Waals surface area contributed by atoms with Gasteiger partial charge < -0.3 is 4.74 Å². The fourth-order valence-electron chi connectivity index (χ4n) is 1.72. The Bertz CT molecular complexity index is 196. The second-order valence-electron chi connectivity index (χ2n) is 3.66. The quantitative estimate of drug-likeness (QED) is 0.626. The van der Waals surface area contributed by atoms with Gasteiger partial charge in [0.25, 0.3) is 0 Å². The van der Waals surface area contributed by atoms with Crippen LogP contribution < -0.4 is 0 Å². The minimum atomic E-state index is -0.148. The highest BCUT2D eigenvalue weighted by Crippen LogP contribution is 2.23. The molecule has 0 spiro atoms. The molecule has 2 atom stereocenters. The molecule has 0 aromatic heterocycles. The molecule has 0 saturated heterocycles. The highest BCUT2D eigenvalue weighted by molar-refractivity contribution is 5.84. The van der Waals surface area contributed by atoms with Crippen LogP contribution in [0.2, 0.25) is 0 Å². The summed E-state index contributed by atoms with van der Waals surface area (Å²) in [5.74, 6) is 0.676. The first-order valence-electron chi connectivity index (χ1n) is 5.01. The second kappa shape index (κ2) is 5.18. The van der Waals surface area contributed by atoms with E-state index in [1.54, 1.807) is 0 Å². The van der Waals surface area contributed by atoms with Crippen molar-refractivity contribution in [3.05, 3.63) is 12.2 Å². The lowest BCUT2D eigenvalue weighted by Gasteiger charge is -2.26. The molecule has 0 radical (unpaired) electrons. The first kappa shape index (κ1) is 10.5. The molecule has 0 bridgehead atoms. The van der Waals surface area contributed by atoms with Crippen LogP contribution in [0.15, 0.2) is 12.2 Å². The van der Waals surface area contributed by atoms with Gasteiger partial charge >= 0.3 is 0 Å². The van der Waals surface area contributed by atoms with Gasteiger partial charge in [-0.05, 0) is 25.7 Å². The standard InChI is InChI=1S/C11H18O2/c1-3-4-8-13-11-9(2)6-5-7-10(11)12/h3-4,9,11H,5-8H2,1-2H3/b4-3-/t9-,11+/m1/s1. The summed E-state index contributed by atoms with van der Waals surface area (Å²) < 4.78 is 5.51. The molecule has 1 rings (SSSR count). The summed E-state index contributed by atoms with van der Waals surface area (Å²) in [6.07, 6.45) is 6.58. The van der Waals surface area contributed by atoms with Crippen LogP contribution in [0.25, 0.3) is 0 Å². The molecule has 1 aliphatic rings. The number of rotatable bonds is 3. The zero-order valence-corrected chi connectivity index (χ0v) is 8.45. The first-order valence-corrected chi connectivity index (χ1v) is 5.01. The summed E-state index contributed by atoms with van der Waals surface area (Å²) in [5.41, 5.74) is 0. The van der Waals surface area contributed by atoms with Gasteiger partial charge in [-0.25, -0.2) is 0 Å². The Morgan fingerprint density at radius 3 is 3.00 bits per heavy atom. The van der Waals surface area contributed by atoms with Crippen LogP contribution >= 0.6 is 0 Å². The number of carbonyl (C=O) groups is 1. The smallest absolute Gasteiger partial charge is 0.161 e. The number of allylic oxidation sites excluding steroid dienone is 1. The maximum Gasteiger partial charge on any atom is 0.161 e. The maximum absolute atomic E-state index is 11.4. The topological polar surface area (TPSA) is 26.3 Å². The summed E-state index contributed by atoms with van der Waals surface area (Å²) in [4.78, 5) is 11.4. The predicted octanol–water partition coefficient (Wildman–Crippen LogP) is 2.34. The van der Waals surface area contributed by atoms with Crippen molar-refractivity contribution in [1.82, 2.24) is 0 Å². The van der Waals surface area contributed by atoms with E-state index in [0.717, 1.165) is 12.8 Å². The van der Waals surface area contributed by atoms with Crippen molar-refractivity contribution in [3.63, 3.8) is 0 Å². The van der Waals surface area contributed by atoms with Crippen molar-refractivity contribution in [2.45, 2.75) is 39.2 Å². The lowest BCUT2D eigenvalue weighted by Crippen LogP contribution is -2.34. The van der Waals surface area contributed by atoms with Gasteiger partial charge in [0.1, 0.15) is 6.10 Å². The zero-order chi connectivity index (χ0) is 9.68. The molecule has 0 heterocycles. The molecule has 1 saturated carbocycles. The number of hydrogen-bond donors (Lipinski definition) is 0. The van der Waals surface area contributed by atoms with E-state index in [9.17, 15) is 4.79 Å². The van der Waals surface area contributed by atoms with Gasteiger partial charge in [-0.3, -0.25) is 4.79 Å². The maximum atomic E-state index is 11.4. The third-order valence-corrected chi connectivity index (χ3v) is 2.52. The van der Waals surface area contributed by atoms with Gasteiger partial charge in [-0.1, -0.05) is 19.1 Å². The van der Waals surface area contributed by atoms with Gasteiger partial charge in [0.2, 0.25) is 0 Å². The van der Waals surface area contributed by atoms with Crippen LogP contribution in [0.3, 0.4) is 0 Å². The molecule has 0 aromatic rings. The van der Waals surface area contributed by atoms with E-state index in [-0.39, 0.29) is 11.9 Å². The number of carbonyl (C=O) groups excluding carboxylic acids is 1. The third kappa shape index (κ3) is 2.96. The van der Waals surface area contributed by atoms with Crippen molar-refractivity contribution in [2.24, 2.45) is 5.92 Å². The van der Waals surface area contributed by atoms with Crippen LogP contribution in [0.5, 0.6) is 0 Å². The molecule has 0 amide bonds. The van der Waals surface area contributed by atoms with Crippen LogP contribution in [0.4, 0.5) is 0 Å². The fourth-order valence-corrected chi connectivity index (χ4v) is 1.72. The van der Waals surface area contributed by atoms with E-state index in [0.29, 0.717) is 18.9 Å². The summed E-state index contributed by atoms with van der Waals surface area (Å²) in [6.45, 7) is 4.62. The Balaban J connectivity index is 2.39. The summed E-state index contributed by atoms with van der Waals surface area (Å²) in [6, 6.07) is 0. The van der Waals surface area contributed by atoms with Crippen molar-refractivity contribution < 1.29 is 9.53 Å². The van der Waals surface area contributed by atoms with Gasteiger partial charge in [0.15, 0.2) is 5.78 Å². The highest BCUT2D eigenvalue weighted by atomic mass is 16.5. The van der Waals surface area contributed by atoms with Crippen molar-refractivity contribution in [2.75, 3.05) is 6.61 Å². The van der Waals surface area contributed by atoms with Crippen LogP contribution in [-0.2, 0) is 9.53 Å². The van der Waals surface area contributed by atoms with Crippen LogP contribution in [-0.4, -0.2) is 18.5 Å². The van der Waals surface area contributed by atoms with Crippen LogP contribution in [0, 0.1) is 5.92 Å². The predicted molar refractivity (Wildman–Crippen MR) is 52.6 cm³/mol. The molecule has 0 aromatic carbocycles. The molecule has 2 nitrogen and oxygen atoms in total. The van der Waals surface area contributed by atoms with E-state index in [2.05, 4.69) is 6.92 Å². The molecule has 0 N–H and O–H groups in total. The zero-order valence-electron chi connectivity index (χ0n) is 8.45. The molecule has 1 fully saturated rings. The van der Waals surface area contributed by atoms with E-state index < -0.39 is 0 Å². The molecule has 1 aliphatic carbocycles. The van der Waals surface area contributed by atoms with Crippen molar-refractivity contribution in [1.29, 1.82) is 0 Å². The number of ether oxygens (including phenoxy) is 1. The van der Waals surface area contributed by atoms with Crippen molar-refractivity contribution >= 4 is 5.78 Å². The van der Waals surface area contributed by atoms with Gasteiger partial charge in [-0.2, -0.15) is 0 Å². The third-order valence-electron chi connectivity index (χ3n) is 2.52. The van der Waals surface area contributed by atoms with Gasteiger partial charge in [0, 0.05) is 6.42 Å². The molecular weight excluding hydrogens is 164 g/mol. The van der Waals surface area contributed by atoms with E-state index in [1.165, 1.54) is 0 Å². The van der Waals surface area contributed by atoms with Gasteiger partial charge in [0.05, 0.1) is 6.61 Å². The summed E-state index contributed by atoms with van der Waals surface area (Å²) in [5, 5.41) is 0. The Hall–Kier alpha value is -0.630. The number of Topliss-reactive ketones (excluding diaryl/α,β-unsaturated/α-hetero) is 1. The number of ketones is 1. The molecule has 2 heteroatoms. The minimum Gasteiger partial charge on any atom is -0.366 e. The minimum absolute atomic E-state index is 0.148. The Morgan fingerprint density at radius 1 is 1.62 bits per heavy atom. The SMILES string of the molecule is C/C=C\CO[C@@H]1C(=O)CCC[C@H]1C. The Labute approximate surface area is 80.0 Å². The average molecular weight is 182 g/mol. The lowest BCUT2D eigenvalue weighted by molar-refractivity contribution is -0.135. The monoisotopic (exact) mass is 182 g/mol. The lowest BCUT2D eigenvalue weighted by atomic mass is 9.87. The summed E-state index contributed by atoms with van der Waals surface area (Å²) >= 11 is 0. The van der Waals surface area contributed by atoms with E-state index >= 15 is 0 Å². The highest BCUT2D eigenvalue weighted by Gasteiger charge is 2.28. The Morgan fingerprint density at radius 2 is 2.38 bits per heavy atom. The van der Waals surface area contributed by atoms with Crippen LogP contribution in [0.1, 0.15) is 33.1 Å². The molecular formula is C11H18O2. The normalized spacial score (nSPS) is 29.8. The molecule has 13 heavy (non-hydrogen) atoms. The molecule has 74 valence electrons. The van der Waals surface area contributed by atoms with Crippen molar-refractivity contribution in [3.8, 4) is 0 Å². The average Bonchev–Trinajstić information content (AvgIpc) is 2.10. The van der Waals surface area contributed by atoms with Gasteiger partial charge in [-0.15, -0.1) is 0 Å². The van der Waals surface area contributed by atoms with E-state index in [1.807, 2.05) is 19.1 Å². The number of hydrogen-bond acceptors (Lipinski definition) is 2. The molecule has 0 unspecified atom stereocenters. The second-order valence-corrected chi connectivity index (χ2v) is 3.66. The fraction of sp³-hybridized carbons (Fsp3) is 0.727. The first-order chi connectivity index (χ1) is 6.25. The molecule has 0 aliphatic heterocycles. The largest absolute Gasteiger partial charge is 0.366 e.